The van der Waals surface area contributed by atoms with E-state index in [0.717, 1.165) is 12.1 Å². The molecule has 8 nitrogen and oxygen atoms in total. The molecule has 0 aliphatic carbocycles. The molecule has 0 unspecified atom stereocenters. The van der Waals surface area contributed by atoms with Gasteiger partial charge in [-0.25, -0.2) is 9.59 Å². The van der Waals surface area contributed by atoms with Crippen molar-refractivity contribution in [2.75, 3.05) is 37.7 Å². The minimum absolute atomic E-state index is 0.0698. The fourth-order valence-electron chi connectivity index (χ4n) is 3.92. The van der Waals surface area contributed by atoms with Crippen LogP contribution in [0.15, 0.2) is 24.3 Å². The molecule has 1 aromatic heterocycles. The molecule has 2 heterocycles. The van der Waals surface area contributed by atoms with Crippen molar-refractivity contribution in [3.05, 3.63) is 52.3 Å². The van der Waals surface area contributed by atoms with Gasteiger partial charge in [-0.1, -0.05) is 6.07 Å². The van der Waals surface area contributed by atoms with Crippen LogP contribution in [0.3, 0.4) is 0 Å². The quantitative estimate of drug-likeness (QED) is 0.615. The number of H-pyrrole nitrogens is 1. The second-order valence-electron chi connectivity index (χ2n) is 8.57. The first-order valence-electron chi connectivity index (χ1n) is 11.2. The molecule has 190 valence electrons. The van der Waals surface area contributed by atoms with Crippen LogP contribution in [0.5, 0.6) is 0 Å². The summed E-state index contributed by atoms with van der Waals surface area (Å²) in [5.41, 5.74) is 0.860. The number of nitrogens with zero attached hydrogens (tertiary/aromatic N) is 2. The zero-order valence-corrected chi connectivity index (χ0v) is 20.0. The molecule has 11 heteroatoms. The number of amides is 1. The molecule has 0 spiro atoms. The Morgan fingerprint density at radius 1 is 1.06 bits per heavy atom. The molecule has 3 rings (SSSR count). The third kappa shape index (κ3) is 6.14. The van der Waals surface area contributed by atoms with Crippen LogP contribution < -0.4 is 4.90 Å². The van der Waals surface area contributed by atoms with Gasteiger partial charge in [0.1, 0.15) is 5.69 Å². The van der Waals surface area contributed by atoms with Crippen molar-refractivity contribution in [1.29, 1.82) is 0 Å². The maximum Gasteiger partial charge on any atom is 0.416 e. The first kappa shape index (κ1) is 26.1. The van der Waals surface area contributed by atoms with Crippen LogP contribution in [-0.2, 0) is 20.4 Å². The van der Waals surface area contributed by atoms with Gasteiger partial charge >= 0.3 is 18.1 Å². The lowest BCUT2D eigenvalue weighted by atomic mass is 10.1. The molecule has 0 saturated carbocycles. The zero-order valence-electron chi connectivity index (χ0n) is 20.0. The van der Waals surface area contributed by atoms with Crippen molar-refractivity contribution < 1.29 is 37.0 Å². The minimum atomic E-state index is -4.43. The van der Waals surface area contributed by atoms with Gasteiger partial charge in [0, 0.05) is 37.6 Å². The van der Waals surface area contributed by atoms with Crippen molar-refractivity contribution in [3.8, 4) is 0 Å². The first-order chi connectivity index (χ1) is 16.4. The van der Waals surface area contributed by atoms with E-state index < -0.39 is 36.2 Å². The number of nitrogens with one attached hydrogen (secondary N) is 1. The van der Waals surface area contributed by atoms with E-state index in [-0.39, 0.29) is 30.5 Å². The summed E-state index contributed by atoms with van der Waals surface area (Å²) in [6, 6.07) is 5.06. The van der Waals surface area contributed by atoms with Crippen molar-refractivity contribution in [2.45, 2.75) is 40.0 Å². The Morgan fingerprint density at radius 2 is 1.71 bits per heavy atom. The van der Waals surface area contributed by atoms with Gasteiger partial charge in [-0.15, -0.1) is 0 Å². The molecule has 1 aromatic carbocycles. The van der Waals surface area contributed by atoms with E-state index in [1.54, 1.807) is 38.7 Å². The predicted molar refractivity (Wildman–Crippen MR) is 121 cm³/mol. The highest BCUT2D eigenvalue weighted by Crippen LogP contribution is 2.32. The predicted octanol–water partition coefficient (Wildman–Crippen LogP) is 3.72. The molecular weight excluding hydrogens is 467 g/mol. The molecule has 0 radical (unpaired) electrons. The number of anilines is 1. The lowest BCUT2D eigenvalue weighted by Gasteiger charge is -2.36. The number of hydrogen-bond donors (Lipinski definition) is 1. The van der Waals surface area contributed by atoms with Gasteiger partial charge in [0.2, 0.25) is 0 Å². The monoisotopic (exact) mass is 495 g/mol. The molecule has 1 N–H and O–H groups in total. The highest BCUT2D eigenvalue weighted by Gasteiger charge is 2.31. The number of aryl methyl sites for hydroxylation is 1. The van der Waals surface area contributed by atoms with E-state index >= 15 is 0 Å². The van der Waals surface area contributed by atoms with E-state index in [0.29, 0.717) is 30.0 Å². The number of esters is 2. The molecule has 0 atom stereocenters. The van der Waals surface area contributed by atoms with Gasteiger partial charge in [-0.3, -0.25) is 4.79 Å². The number of halogens is 3. The molecule has 1 fully saturated rings. The summed E-state index contributed by atoms with van der Waals surface area (Å²) in [6.45, 7) is 7.41. The molecule has 35 heavy (non-hydrogen) atoms. The second kappa shape index (κ2) is 10.4. The Bertz CT molecular complexity index is 1100. The molecular formula is C24H28F3N3O5. The normalized spacial score (nSPS) is 14.3. The number of rotatable bonds is 6. The topological polar surface area (TPSA) is 91.9 Å². The summed E-state index contributed by atoms with van der Waals surface area (Å²) in [5.74, 6) is -1.74. The van der Waals surface area contributed by atoms with Crippen LogP contribution in [0, 0.1) is 13.8 Å². The average molecular weight is 495 g/mol. The van der Waals surface area contributed by atoms with Gasteiger partial charge in [-0.2, -0.15) is 13.2 Å². The number of ether oxygens (including phenoxy) is 2. The Morgan fingerprint density at radius 3 is 2.31 bits per heavy atom. The zero-order chi connectivity index (χ0) is 25.9. The van der Waals surface area contributed by atoms with Gasteiger partial charge in [0.25, 0.3) is 5.91 Å². The lowest BCUT2D eigenvalue weighted by Crippen LogP contribution is -2.50. The summed E-state index contributed by atoms with van der Waals surface area (Å²) in [5, 5.41) is 0. The molecule has 1 aliphatic heterocycles. The van der Waals surface area contributed by atoms with E-state index in [4.69, 9.17) is 9.47 Å². The summed E-state index contributed by atoms with van der Waals surface area (Å²) >= 11 is 0. The maximum absolute atomic E-state index is 13.0. The van der Waals surface area contributed by atoms with Crippen LogP contribution in [0.25, 0.3) is 0 Å². The van der Waals surface area contributed by atoms with E-state index in [1.807, 2.05) is 0 Å². The van der Waals surface area contributed by atoms with Gasteiger partial charge in [0.05, 0.1) is 17.2 Å². The number of benzene rings is 1. The fourth-order valence-corrected chi connectivity index (χ4v) is 3.92. The SMILES string of the molecule is Cc1[nH]c(C(=O)OCC(=O)N2CCN(c3cccc(C(F)(F)F)c3)CC2)c(C)c1C(=O)OC(C)C. The van der Waals surface area contributed by atoms with Crippen LogP contribution in [-0.4, -0.2) is 66.6 Å². The minimum Gasteiger partial charge on any atom is -0.459 e. The average Bonchev–Trinajstić information content (AvgIpc) is 3.10. The Hall–Kier alpha value is -3.50. The van der Waals surface area contributed by atoms with Gasteiger partial charge in [-0.05, 0) is 51.5 Å². The number of piperazine rings is 1. The van der Waals surface area contributed by atoms with Crippen molar-refractivity contribution in [2.24, 2.45) is 0 Å². The maximum atomic E-state index is 13.0. The second-order valence-corrected chi connectivity index (χ2v) is 8.57. The molecule has 1 aliphatic rings. The van der Waals surface area contributed by atoms with Crippen LogP contribution in [0.4, 0.5) is 18.9 Å². The summed E-state index contributed by atoms with van der Waals surface area (Å²) in [6.07, 6.45) is -4.75. The number of hydrogen-bond acceptors (Lipinski definition) is 6. The molecule has 2 aromatic rings. The van der Waals surface area contributed by atoms with E-state index in [1.165, 1.54) is 11.0 Å². The third-order valence-corrected chi connectivity index (χ3v) is 5.69. The largest absolute Gasteiger partial charge is 0.459 e. The third-order valence-electron chi connectivity index (χ3n) is 5.69. The first-order valence-corrected chi connectivity index (χ1v) is 11.2. The van der Waals surface area contributed by atoms with Crippen LogP contribution in [0.1, 0.15) is 51.5 Å². The number of aromatic amines is 1. The molecule has 1 amide bonds. The standard InChI is InChI=1S/C24H28F3N3O5/c1-14(2)35-22(32)20-15(3)21(28-16(20)4)23(33)34-13-19(31)30-10-8-29(9-11-30)18-7-5-6-17(12-18)24(25,26)27/h5-7,12,14,28H,8-11,13H2,1-4H3. The summed E-state index contributed by atoms with van der Waals surface area (Å²) in [7, 11) is 0. The highest BCUT2D eigenvalue weighted by molar-refractivity contribution is 5.99. The Balaban J connectivity index is 1.55. The number of alkyl halides is 3. The highest BCUT2D eigenvalue weighted by atomic mass is 19.4. The number of aromatic nitrogens is 1. The summed E-state index contributed by atoms with van der Waals surface area (Å²) in [4.78, 5) is 43.5. The van der Waals surface area contributed by atoms with E-state index in [9.17, 15) is 27.6 Å². The van der Waals surface area contributed by atoms with Crippen molar-refractivity contribution in [3.63, 3.8) is 0 Å². The number of carbonyl (C=O) groups is 3. The lowest BCUT2D eigenvalue weighted by molar-refractivity contribution is -0.137. The Kier molecular flexibility index (Phi) is 7.76. The van der Waals surface area contributed by atoms with Crippen molar-refractivity contribution in [1.82, 2.24) is 9.88 Å². The van der Waals surface area contributed by atoms with Crippen LogP contribution >= 0.6 is 0 Å². The van der Waals surface area contributed by atoms with Gasteiger partial charge in [0.15, 0.2) is 6.61 Å². The molecule has 1 saturated heterocycles. The van der Waals surface area contributed by atoms with Gasteiger partial charge < -0.3 is 24.3 Å². The smallest absolute Gasteiger partial charge is 0.416 e. The van der Waals surface area contributed by atoms with E-state index in [2.05, 4.69) is 4.98 Å². The summed E-state index contributed by atoms with van der Waals surface area (Å²) < 4.78 is 49.3. The Labute approximate surface area is 201 Å². The molecule has 0 bridgehead atoms. The van der Waals surface area contributed by atoms with Crippen LogP contribution in [0.2, 0.25) is 0 Å². The fraction of sp³-hybridized carbons (Fsp3) is 0.458. The van der Waals surface area contributed by atoms with Crippen molar-refractivity contribution >= 4 is 23.5 Å². The number of carbonyl (C=O) groups excluding carboxylic acids is 3.